The van der Waals surface area contributed by atoms with E-state index >= 15 is 0 Å². The quantitative estimate of drug-likeness (QED) is 0.249. The molecule has 0 aliphatic carbocycles. The highest BCUT2D eigenvalue weighted by molar-refractivity contribution is 7.76. The minimum absolute atomic E-state index is 0.268. The second-order valence-electron chi connectivity index (χ2n) is 5.68. The fourth-order valence-corrected chi connectivity index (χ4v) is 6.11. The van der Waals surface area contributed by atoms with E-state index in [1.54, 1.807) is 0 Å². The van der Waals surface area contributed by atoms with Crippen LogP contribution in [0.3, 0.4) is 0 Å². The van der Waals surface area contributed by atoms with Crippen LogP contribution >= 0.6 is 7.44 Å². The van der Waals surface area contributed by atoms with Crippen molar-refractivity contribution in [1.29, 1.82) is 0 Å². The van der Waals surface area contributed by atoms with Crippen molar-refractivity contribution in [3.8, 4) is 0 Å². The first-order valence-corrected chi connectivity index (χ1v) is 9.70. The Morgan fingerprint density at radius 1 is 0.783 bits per heavy atom. The van der Waals surface area contributed by atoms with Gasteiger partial charge in [-0.1, -0.05) is 5.16 Å². The van der Waals surface area contributed by atoms with Crippen molar-refractivity contribution in [2.75, 3.05) is 78.9 Å². The number of rotatable bonds is 3. The minimum atomic E-state index is -3.17. The maximum atomic E-state index is 14.1. The van der Waals surface area contributed by atoms with Gasteiger partial charge in [-0.15, -0.1) is 0 Å². The first kappa shape index (κ1) is 17.1. The lowest BCUT2D eigenvalue weighted by Gasteiger charge is -2.44. The van der Waals surface area contributed by atoms with Gasteiger partial charge in [0.1, 0.15) is 0 Å². The monoisotopic (exact) mass is 348 g/mol. The second-order valence-corrected chi connectivity index (χ2v) is 8.29. The summed E-state index contributed by atoms with van der Waals surface area (Å²) in [6.07, 6.45) is 0. The Hall–Kier alpha value is -0.700. The molecule has 3 aliphatic rings. The van der Waals surface area contributed by atoms with E-state index in [2.05, 4.69) is 5.16 Å². The fourth-order valence-electron chi connectivity index (χ4n) is 3.15. The third kappa shape index (κ3) is 3.55. The van der Waals surface area contributed by atoms with Gasteiger partial charge in [0.05, 0.1) is 39.6 Å². The summed E-state index contributed by atoms with van der Waals surface area (Å²) in [7, 11) is -3.17. The van der Waals surface area contributed by atoms with Crippen LogP contribution in [-0.4, -0.2) is 104 Å². The lowest BCUT2D eigenvalue weighted by molar-refractivity contribution is 0.0513. The van der Waals surface area contributed by atoms with Gasteiger partial charge in [0.2, 0.25) is 5.58 Å². The Morgan fingerprint density at radius 3 is 1.57 bits per heavy atom. The molecule has 9 nitrogen and oxygen atoms in total. The molecule has 3 aliphatic heterocycles. The summed E-state index contributed by atoms with van der Waals surface area (Å²) in [5.41, 5.74) is 0.268. The average molecular weight is 348 g/mol. The smallest absolute Gasteiger partial charge is 0.283 e. The van der Waals surface area contributed by atoms with E-state index in [0.29, 0.717) is 78.9 Å². The first-order chi connectivity index (χ1) is 11.3. The number of hydrogen-bond acceptors (Lipinski definition) is 6. The molecule has 0 spiro atoms. The van der Waals surface area contributed by atoms with Gasteiger partial charge in [0.15, 0.2) is 0 Å². The van der Waals surface area contributed by atoms with Crippen LogP contribution < -0.4 is 0 Å². The van der Waals surface area contributed by atoms with Gasteiger partial charge in [-0.2, -0.15) is 0 Å². The van der Waals surface area contributed by atoms with Crippen LogP contribution in [0.15, 0.2) is 5.16 Å². The number of hydrogen-bond donors (Lipinski definition) is 1. The third-order valence-corrected chi connectivity index (χ3v) is 7.61. The zero-order valence-electron chi connectivity index (χ0n) is 13.3. The largest absolute Gasteiger partial charge is 0.409 e. The molecule has 0 atom stereocenters. The zero-order valence-corrected chi connectivity index (χ0v) is 14.2. The lowest BCUT2D eigenvalue weighted by Crippen LogP contribution is -2.50. The van der Waals surface area contributed by atoms with Gasteiger partial charge in [-0.05, 0) is 0 Å². The molecule has 3 heterocycles. The molecule has 3 rings (SSSR count). The van der Waals surface area contributed by atoms with Crippen molar-refractivity contribution in [2.45, 2.75) is 0 Å². The lowest BCUT2D eigenvalue weighted by atomic mass is 10.5. The van der Waals surface area contributed by atoms with Gasteiger partial charge < -0.3 is 24.3 Å². The van der Waals surface area contributed by atoms with Crippen molar-refractivity contribution in [3.63, 3.8) is 0 Å². The van der Waals surface area contributed by atoms with Crippen LogP contribution in [0.4, 0.5) is 0 Å². The van der Waals surface area contributed by atoms with Crippen molar-refractivity contribution >= 4 is 13.0 Å². The average Bonchev–Trinajstić information content (AvgIpc) is 2.64. The standard InChI is InChI=1S/C13H25N4O5P/c18-14-13(15-1-7-20-8-2-15)23(19,16-3-9-21-10-4-16)17-5-11-22-12-6-17/h18H,1-12H2. The molecular formula is C13H25N4O5P. The van der Waals surface area contributed by atoms with Crippen LogP contribution in [0.25, 0.3) is 0 Å². The Morgan fingerprint density at radius 2 is 1.17 bits per heavy atom. The third-order valence-electron chi connectivity index (χ3n) is 4.39. The Balaban J connectivity index is 1.90. The van der Waals surface area contributed by atoms with Crippen molar-refractivity contribution in [1.82, 2.24) is 14.2 Å². The molecule has 1 N–H and O–H groups in total. The molecule has 0 radical (unpaired) electrons. The topological polar surface area (TPSA) is 87.1 Å². The van der Waals surface area contributed by atoms with Gasteiger partial charge in [0, 0.05) is 39.3 Å². The highest BCUT2D eigenvalue weighted by atomic mass is 31.2. The number of morpholine rings is 3. The summed E-state index contributed by atoms with van der Waals surface area (Å²) < 4.78 is 34.1. The zero-order chi connectivity index (χ0) is 16.1. The number of amidine groups is 1. The summed E-state index contributed by atoms with van der Waals surface area (Å²) in [6, 6.07) is 0. The Bertz CT molecular complexity index is 437. The van der Waals surface area contributed by atoms with Gasteiger partial charge in [-0.25, -0.2) is 9.34 Å². The molecule has 10 heteroatoms. The summed E-state index contributed by atoms with van der Waals surface area (Å²) in [5.74, 6) is 0. The molecule has 3 fully saturated rings. The summed E-state index contributed by atoms with van der Waals surface area (Å²) in [5, 5.41) is 13.2. The minimum Gasteiger partial charge on any atom is -0.409 e. The molecule has 23 heavy (non-hydrogen) atoms. The maximum absolute atomic E-state index is 14.1. The maximum Gasteiger partial charge on any atom is 0.283 e. The Kier molecular flexibility index (Phi) is 5.90. The highest BCUT2D eigenvalue weighted by Crippen LogP contribution is 2.55. The number of nitrogens with zero attached hydrogens (tertiary/aromatic N) is 4. The predicted molar refractivity (Wildman–Crippen MR) is 84.0 cm³/mol. The van der Waals surface area contributed by atoms with E-state index in [1.807, 2.05) is 14.2 Å². The van der Waals surface area contributed by atoms with Crippen molar-refractivity contribution in [2.24, 2.45) is 5.16 Å². The number of ether oxygens (including phenoxy) is 3. The van der Waals surface area contributed by atoms with E-state index in [0.717, 1.165) is 0 Å². The SMILES string of the molecule is O=P(C(=NO)N1CCOCC1)(N1CCOCC1)N1CCOCC1. The van der Waals surface area contributed by atoms with E-state index in [4.69, 9.17) is 14.2 Å². The molecule has 0 aromatic rings. The number of oxime groups is 1. The summed E-state index contributed by atoms with van der Waals surface area (Å²) in [6.45, 7) is 6.68. The second kappa shape index (κ2) is 7.92. The van der Waals surface area contributed by atoms with Crippen LogP contribution in [0.1, 0.15) is 0 Å². The highest BCUT2D eigenvalue weighted by Gasteiger charge is 2.46. The van der Waals surface area contributed by atoms with Crippen molar-refractivity contribution < 1.29 is 24.0 Å². The van der Waals surface area contributed by atoms with E-state index < -0.39 is 7.44 Å². The van der Waals surface area contributed by atoms with Gasteiger partial charge >= 0.3 is 0 Å². The molecule has 3 saturated heterocycles. The van der Waals surface area contributed by atoms with Gasteiger partial charge in [-0.3, -0.25) is 4.57 Å². The molecule has 132 valence electrons. The fraction of sp³-hybridized carbons (Fsp3) is 0.923. The van der Waals surface area contributed by atoms with Crippen molar-refractivity contribution in [3.05, 3.63) is 0 Å². The van der Waals surface area contributed by atoms with E-state index in [1.165, 1.54) is 0 Å². The van der Waals surface area contributed by atoms with Crippen LogP contribution in [0.5, 0.6) is 0 Å². The Labute approximate surface area is 136 Å². The van der Waals surface area contributed by atoms with Crippen LogP contribution in [-0.2, 0) is 18.8 Å². The molecule has 0 bridgehead atoms. The molecule has 0 aromatic carbocycles. The van der Waals surface area contributed by atoms with Crippen LogP contribution in [0.2, 0.25) is 0 Å². The molecule has 0 unspecified atom stereocenters. The predicted octanol–water partition coefficient (Wildman–Crippen LogP) is -0.0787. The molecule has 0 saturated carbocycles. The summed E-state index contributed by atoms with van der Waals surface area (Å²) >= 11 is 0. The van der Waals surface area contributed by atoms with E-state index in [9.17, 15) is 9.77 Å². The summed E-state index contributed by atoms with van der Waals surface area (Å²) in [4.78, 5) is 1.88. The van der Waals surface area contributed by atoms with Crippen LogP contribution in [0, 0.1) is 0 Å². The first-order valence-electron chi connectivity index (χ1n) is 8.08. The normalized spacial score (nSPS) is 26.4. The molecule has 0 aromatic heterocycles. The van der Waals surface area contributed by atoms with E-state index in [-0.39, 0.29) is 5.58 Å². The van der Waals surface area contributed by atoms with Gasteiger partial charge in [0.25, 0.3) is 7.44 Å². The molecule has 0 amide bonds. The molecular weight excluding hydrogens is 323 g/mol.